The van der Waals surface area contributed by atoms with Gasteiger partial charge in [-0.2, -0.15) is 0 Å². The van der Waals surface area contributed by atoms with Crippen molar-refractivity contribution in [3.8, 4) is 16.2 Å². The third-order valence-corrected chi connectivity index (χ3v) is 3.90. The zero-order valence-electron chi connectivity index (χ0n) is 13.2. The largest absolute Gasteiger partial charge is 0.573 e. The first-order valence-electron chi connectivity index (χ1n) is 6.93. The van der Waals surface area contributed by atoms with Gasteiger partial charge < -0.3 is 15.2 Å². The summed E-state index contributed by atoms with van der Waals surface area (Å²) < 4.78 is 45.6. The first-order chi connectivity index (χ1) is 10.9. The molecule has 2 rings (SSSR count). The zero-order valence-corrected chi connectivity index (χ0v) is 14.0. The number of rotatable bonds is 3. The number of nitrogen functional groups attached to an aromatic ring is 1. The molecule has 8 heteroatoms. The molecule has 0 bridgehead atoms. The van der Waals surface area contributed by atoms with E-state index in [1.165, 1.54) is 24.3 Å². The second-order valence-electron chi connectivity index (χ2n) is 5.97. The van der Waals surface area contributed by atoms with Gasteiger partial charge in [-0.05, 0) is 56.7 Å². The lowest BCUT2D eigenvalue weighted by Crippen LogP contribution is -2.23. The summed E-state index contributed by atoms with van der Waals surface area (Å²) in [4.78, 5) is 13.0. The number of hydrogen-bond acceptors (Lipinski definition) is 5. The highest BCUT2D eigenvalue weighted by Crippen LogP contribution is 2.35. The highest BCUT2D eigenvalue weighted by molar-refractivity contribution is 7.18. The molecule has 0 saturated heterocycles. The van der Waals surface area contributed by atoms with Crippen LogP contribution in [0.4, 0.5) is 18.9 Å². The van der Waals surface area contributed by atoms with Crippen molar-refractivity contribution in [2.75, 3.05) is 5.73 Å². The van der Waals surface area contributed by atoms with Crippen molar-refractivity contribution in [1.29, 1.82) is 0 Å². The molecule has 0 aliphatic carbocycles. The Bertz CT molecular complexity index is 731. The van der Waals surface area contributed by atoms with E-state index >= 15 is 0 Å². The smallest absolute Gasteiger partial charge is 0.456 e. The van der Waals surface area contributed by atoms with Gasteiger partial charge >= 0.3 is 12.3 Å². The SMILES string of the molecule is CC(C)(C)OC(=O)c1sc(-c2ccc(OC(F)(F)F)cc2)cc1N. The summed E-state index contributed by atoms with van der Waals surface area (Å²) in [5.74, 6) is -0.851. The minimum atomic E-state index is -4.74. The molecule has 0 atom stereocenters. The van der Waals surface area contributed by atoms with E-state index < -0.39 is 17.9 Å². The monoisotopic (exact) mass is 359 g/mol. The Morgan fingerprint density at radius 3 is 2.21 bits per heavy atom. The van der Waals surface area contributed by atoms with Crippen LogP contribution in [0.3, 0.4) is 0 Å². The van der Waals surface area contributed by atoms with Crippen molar-refractivity contribution in [2.45, 2.75) is 32.7 Å². The van der Waals surface area contributed by atoms with E-state index in [9.17, 15) is 18.0 Å². The normalized spacial score (nSPS) is 12.1. The molecule has 2 N–H and O–H groups in total. The average molecular weight is 359 g/mol. The Morgan fingerprint density at radius 2 is 1.71 bits per heavy atom. The number of alkyl halides is 3. The fraction of sp³-hybridized carbons (Fsp3) is 0.312. The Balaban J connectivity index is 2.22. The molecule has 4 nitrogen and oxygen atoms in total. The van der Waals surface area contributed by atoms with Crippen LogP contribution < -0.4 is 10.5 Å². The molecule has 1 aromatic carbocycles. The van der Waals surface area contributed by atoms with Gasteiger partial charge in [0.05, 0.1) is 5.69 Å². The summed E-state index contributed by atoms with van der Waals surface area (Å²) in [5, 5.41) is 0. The first-order valence-corrected chi connectivity index (χ1v) is 7.75. The first kappa shape index (κ1) is 18.1. The van der Waals surface area contributed by atoms with Gasteiger partial charge in [-0.1, -0.05) is 0 Å². The van der Waals surface area contributed by atoms with E-state index in [1.54, 1.807) is 26.8 Å². The van der Waals surface area contributed by atoms with Crippen LogP contribution in [-0.4, -0.2) is 17.9 Å². The van der Waals surface area contributed by atoms with Crippen LogP contribution in [0.25, 0.3) is 10.4 Å². The minimum absolute atomic E-state index is 0.260. The number of esters is 1. The number of anilines is 1. The number of carbonyl (C=O) groups is 1. The summed E-state index contributed by atoms with van der Waals surface area (Å²) in [6.45, 7) is 5.24. The predicted octanol–water partition coefficient (Wildman–Crippen LogP) is 4.85. The van der Waals surface area contributed by atoms with E-state index in [0.717, 1.165) is 11.3 Å². The quantitative estimate of drug-likeness (QED) is 0.796. The van der Waals surface area contributed by atoms with E-state index in [4.69, 9.17) is 10.5 Å². The van der Waals surface area contributed by atoms with E-state index in [-0.39, 0.29) is 16.3 Å². The molecule has 1 aromatic heterocycles. The van der Waals surface area contributed by atoms with Crippen molar-refractivity contribution in [2.24, 2.45) is 0 Å². The maximum Gasteiger partial charge on any atom is 0.573 e. The van der Waals surface area contributed by atoms with Crippen molar-refractivity contribution in [3.05, 3.63) is 35.2 Å². The van der Waals surface area contributed by atoms with E-state index in [2.05, 4.69) is 4.74 Å². The van der Waals surface area contributed by atoms with Crippen LogP contribution in [0, 0.1) is 0 Å². The van der Waals surface area contributed by atoms with Crippen molar-refractivity contribution in [3.63, 3.8) is 0 Å². The predicted molar refractivity (Wildman–Crippen MR) is 86.0 cm³/mol. The minimum Gasteiger partial charge on any atom is -0.456 e. The lowest BCUT2D eigenvalue weighted by atomic mass is 10.2. The Hall–Kier alpha value is -2.22. The van der Waals surface area contributed by atoms with Crippen LogP contribution in [0.15, 0.2) is 30.3 Å². The van der Waals surface area contributed by atoms with Crippen LogP contribution >= 0.6 is 11.3 Å². The maximum absolute atomic E-state index is 12.2. The lowest BCUT2D eigenvalue weighted by Gasteiger charge is -2.18. The van der Waals surface area contributed by atoms with Gasteiger partial charge in [-0.15, -0.1) is 24.5 Å². The van der Waals surface area contributed by atoms with Crippen LogP contribution in [-0.2, 0) is 4.74 Å². The molecule has 0 amide bonds. The molecule has 0 fully saturated rings. The Morgan fingerprint density at radius 1 is 1.12 bits per heavy atom. The van der Waals surface area contributed by atoms with Crippen molar-refractivity contribution < 1.29 is 27.4 Å². The van der Waals surface area contributed by atoms with E-state index in [1.807, 2.05) is 0 Å². The molecule has 0 aliphatic heterocycles. The van der Waals surface area contributed by atoms with Gasteiger partial charge in [-0.3, -0.25) is 0 Å². The molecule has 0 radical (unpaired) electrons. The third-order valence-electron chi connectivity index (χ3n) is 2.72. The van der Waals surface area contributed by atoms with Crippen LogP contribution in [0.2, 0.25) is 0 Å². The van der Waals surface area contributed by atoms with Gasteiger partial charge in [-0.25, -0.2) is 4.79 Å². The van der Waals surface area contributed by atoms with Crippen LogP contribution in [0.5, 0.6) is 5.75 Å². The molecule has 2 aromatic rings. The number of carbonyl (C=O) groups excluding carboxylic acids is 1. The van der Waals surface area contributed by atoms with Gasteiger partial charge in [0.15, 0.2) is 0 Å². The molecular formula is C16H16F3NO3S. The number of nitrogens with two attached hydrogens (primary N) is 1. The summed E-state index contributed by atoms with van der Waals surface area (Å²) in [5.41, 5.74) is 6.08. The molecule has 0 spiro atoms. The Kier molecular flexibility index (Phi) is 4.80. The second kappa shape index (κ2) is 6.35. The highest BCUT2D eigenvalue weighted by Gasteiger charge is 2.31. The van der Waals surface area contributed by atoms with Crippen LogP contribution in [0.1, 0.15) is 30.4 Å². The lowest BCUT2D eigenvalue weighted by molar-refractivity contribution is -0.274. The number of halogens is 3. The highest BCUT2D eigenvalue weighted by atomic mass is 32.1. The molecule has 24 heavy (non-hydrogen) atoms. The maximum atomic E-state index is 12.2. The summed E-state index contributed by atoms with van der Waals surface area (Å²) in [7, 11) is 0. The fourth-order valence-corrected chi connectivity index (χ4v) is 2.81. The number of thiophene rings is 1. The van der Waals surface area contributed by atoms with E-state index in [0.29, 0.717) is 10.4 Å². The second-order valence-corrected chi connectivity index (χ2v) is 7.02. The molecule has 0 aliphatic rings. The molecular weight excluding hydrogens is 343 g/mol. The number of ether oxygens (including phenoxy) is 2. The Labute approximate surface area is 141 Å². The number of hydrogen-bond donors (Lipinski definition) is 1. The van der Waals surface area contributed by atoms with Gasteiger partial charge in [0.1, 0.15) is 16.2 Å². The molecule has 0 saturated carbocycles. The zero-order chi connectivity index (χ0) is 18.1. The van der Waals surface area contributed by atoms with Crippen molar-refractivity contribution >= 4 is 23.0 Å². The van der Waals surface area contributed by atoms with Gasteiger partial charge in [0.2, 0.25) is 0 Å². The third kappa shape index (κ3) is 4.89. The molecule has 1 heterocycles. The number of benzene rings is 1. The van der Waals surface area contributed by atoms with Gasteiger partial charge in [0, 0.05) is 4.88 Å². The van der Waals surface area contributed by atoms with Crippen molar-refractivity contribution in [1.82, 2.24) is 0 Å². The summed E-state index contributed by atoms with van der Waals surface area (Å²) >= 11 is 1.12. The topological polar surface area (TPSA) is 61.5 Å². The van der Waals surface area contributed by atoms with Gasteiger partial charge in [0.25, 0.3) is 0 Å². The molecule has 0 unspecified atom stereocenters. The summed E-state index contributed by atoms with van der Waals surface area (Å²) in [6.07, 6.45) is -4.74. The fourth-order valence-electron chi connectivity index (χ4n) is 1.85. The average Bonchev–Trinajstić information content (AvgIpc) is 2.78. The summed E-state index contributed by atoms with van der Waals surface area (Å²) in [6, 6.07) is 6.91. The standard InChI is InChI=1S/C16H16F3NO3S/c1-15(2,3)23-14(21)13-11(20)8-12(24-13)9-4-6-10(7-5-9)22-16(17,18)19/h4-8H,20H2,1-3H3. The molecule has 130 valence electrons.